The lowest BCUT2D eigenvalue weighted by Crippen LogP contribution is -2.27. The number of piperidine rings is 1. The third kappa shape index (κ3) is 2.54. The van der Waals surface area contributed by atoms with E-state index in [4.69, 9.17) is 5.10 Å². The summed E-state index contributed by atoms with van der Waals surface area (Å²) >= 11 is 3.51. The van der Waals surface area contributed by atoms with Crippen LogP contribution in [0.15, 0.2) is 28.7 Å². The van der Waals surface area contributed by atoms with E-state index in [1.807, 2.05) is 11.7 Å². The molecule has 2 aromatic rings. The number of aromatic nitrogens is 2. The highest BCUT2D eigenvalue weighted by Gasteiger charge is 2.24. The first-order valence-electron chi connectivity index (χ1n) is 7.17. The van der Waals surface area contributed by atoms with E-state index in [2.05, 4.69) is 52.4 Å². The molecule has 0 spiro atoms. The molecule has 2 heterocycles. The fraction of sp³-hybridized carbons (Fsp3) is 0.438. The molecule has 3 nitrogen and oxygen atoms in total. The zero-order chi connectivity index (χ0) is 14.1. The van der Waals surface area contributed by atoms with Gasteiger partial charge in [0.25, 0.3) is 0 Å². The molecule has 1 aliphatic rings. The lowest BCUT2D eigenvalue weighted by Gasteiger charge is -2.22. The van der Waals surface area contributed by atoms with E-state index in [-0.39, 0.29) is 0 Å². The number of hydrogen-bond acceptors (Lipinski definition) is 2. The number of rotatable bonds is 2. The second-order valence-electron chi connectivity index (χ2n) is 5.50. The molecule has 0 saturated carbocycles. The highest BCUT2D eigenvalue weighted by Crippen LogP contribution is 2.35. The molecule has 0 unspecified atom stereocenters. The first-order valence-corrected chi connectivity index (χ1v) is 7.96. The normalized spacial score (nSPS) is 16.6. The van der Waals surface area contributed by atoms with Crippen LogP contribution in [0.1, 0.15) is 30.1 Å². The monoisotopic (exact) mass is 333 g/mol. The van der Waals surface area contributed by atoms with Crippen LogP contribution in [0.4, 0.5) is 0 Å². The summed E-state index contributed by atoms with van der Waals surface area (Å²) in [6.45, 7) is 4.36. The Balaban J connectivity index is 2.06. The number of hydrogen-bond donors (Lipinski definition) is 1. The average molecular weight is 334 g/mol. The molecule has 4 heteroatoms. The Bertz CT molecular complexity index is 595. The number of nitrogens with one attached hydrogen (secondary N) is 1. The van der Waals surface area contributed by atoms with E-state index in [0.29, 0.717) is 5.92 Å². The van der Waals surface area contributed by atoms with Gasteiger partial charge in [-0.25, -0.2) is 0 Å². The minimum atomic E-state index is 0.579. The molecule has 0 aliphatic carbocycles. The largest absolute Gasteiger partial charge is 0.317 e. The maximum absolute atomic E-state index is 4.81. The molecule has 20 heavy (non-hydrogen) atoms. The maximum atomic E-state index is 4.81. The van der Waals surface area contributed by atoms with Gasteiger partial charge in [0.15, 0.2) is 0 Å². The lowest BCUT2D eigenvalue weighted by atomic mass is 9.89. The van der Waals surface area contributed by atoms with Crippen molar-refractivity contribution in [2.24, 2.45) is 7.05 Å². The van der Waals surface area contributed by atoms with Gasteiger partial charge >= 0.3 is 0 Å². The molecule has 3 rings (SSSR count). The lowest BCUT2D eigenvalue weighted by molar-refractivity contribution is 0.450. The Morgan fingerprint density at radius 1 is 1.20 bits per heavy atom. The quantitative estimate of drug-likeness (QED) is 0.909. The summed E-state index contributed by atoms with van der Waals surface area (Å²) in [6, 6.07) is 8.57. The molecule has 1 aliphatic heterocycles. The van der Waals surface area contributed by atoms with Crippen LogP contribution in [0.5, 0.6) is 0 Å². The molecule has 1 aromatic heterocycles. The van der Waals surface area contributed by atoms with Crippen molar-refractivity contribution in [3.63, 3.8) is 0 Å². The van der Waals surface area contributed by atoms with Crippen LogP contribution >= 0.6 is 15.9 Å². The summed E-state index contributed by atoms with van der Waals surface area (Å²) in [7, 11) is 2.04. The van der Waals surface area contributed by atoms with Crippen molar-refractivity contribution >= 4 is 15.9 Å². The number of aryl methyl sites for hydroxylation is 1. The van der Waals surface area contributed by atoms with E-state index in [1.54, 1.807) is 0 Å². The predicted octanol–water partition coefficient (Wildman–Crippen LogP) is 3.63. The Labute approximate surface area is 128 Å². The Morgan fingerprint density at radius 2 is 1.85 bits per heavy atom. The van der Waals surface area contributed by atoms with Gasteiger partial charge in [0.1, 0.15) is 0 Å². The number of benzene rings is 1. The second kappa shape index (κ2) is 5.70. The first kappa shape index (κ1) is 13.8. The van der Waals surface area contributed by atoms with Crippen molar-refractivity contribution in [2.75, 3.05) is 13.1 Å². The van der Waals surface area contributed by atoms with Crippen LogP contribution in [0, 0.1) is 6.92 Å². The minimum absolute atomic E-state index is 0.579. The Morgan fingerprint density at radius 3 is 2.50 bits per heavy atom. The van der Waals surface area contributed by atoms with Gasteiger partial charge in [0, 0.05) is 28.7 Å². The summed E-state index contributed by atoms with van der Waals surface area (Å²) < 4.78 is 3.14. The molecule has 106 valence electrons. The fourth-order valence-corrected chi connectivity index (χ4v) is 3.25. The molecule has 1 saturated heterocycles. The van der Waals surface area contributed by atoms with E-state index in [1.165, 1.54) is 35.4 Å². The van der Waals surface area contributed by atoms with Crippen molar-refractivity contribution in [3.05, 3.63) is 40.1 Å². The fourth-order valence-electron chi connectivity index (χ4n) is 2.99. The average Bonchev–Trinajstić information content (AvgIpc) is 2.77. The van der Waals surface area contributed by atoms with Crippen LogP contribution in [-0.2, 0) is 7.05 Å². The SMILES string of the molecule is Cc1c(-c2ccc(Br)cc2)c(C2CCNCC2)nn1C. The van der Waals surface area contributed by atoms with Gasteiger partial charge in [0.05, 0.1) is 5.69 Å². The summed E-state index contributed by atoms with van der Waals surface area (Å²) in [5, 5.41) is 8.24. The minimum Gasteiger partial charge on any atom is -0.317 e. The smallest absolute Gasteiger partial charge is 0.0737 e. The van der Waals surface area contributed by atoms with Crippen molar-refractivity contribution in [2.45, 2.75) is 25.7 Å². The van der Waals surface area contributed by atoms with Crippen LogP contribution in [0.3, 0.4) is 0 Å². The molecule has 0 bridgehead atoms. The highest BCUT2D eigenvalue weighted by molar-refractivity contribution is 9.10. The summed E-state index contributed by atoms with van der Waals surface area (Å²) in [5.74, 6) is 0.579. The van der Waals surface area contributed by atoms with Gasteiger partial charge in [0.2, 0.25) is 0 Å². The summed E-state index contributed by atoms with van der Waals surface area (Å²) in [4.78, 5) is 0. The van der Waals surface area contributed by atoms with Gasteiger partial charge < -0.3 is 5.32 Å². The molecule has 1 aromatic carbocycles. The predicted molar refractivity (Wildman–Crippen MR) is 85.9 cm³/mol. The maximum Gasteiger partial charge on any atom is 0.0737 e. The molecule has 0 amide bonds. The van der Waals surface area contributed by atoms with Crippen LogP contribution in [-0.4, -0.2) is 22.9 Å². The van der Waals surface area contributed by atoms with E-state index >= 15 is 0 Å². The third-order valence-electron chi connectivity index (χ3n) is 4.22. The van der Waals surface area contributed by atoms with Crippen molar-refractivity contribution in [1.29, 1.82) is 0 Å². The van der Waals surface area contributed by atoms with Crippen molar-refractivity contribution in [3.8, 4) is 11.1 Å². The van der Waals surface area contributed by atoms with E-state index in [9.17, 15) is 0 Å². The van der Waals surface area contributed by atoms with Crippen molar-refractivity contribution < 1.29 is 0 Å². The van der Waals surface area contributed by atoms with Gasteiger partial charge in [-0.1, -0.05) is 28.1 Å². The molecule has 1 fully saturated rings. The molecular weight excluding hydrogens is 314 g/mol. The van der Waals surface area contributed by atoms with Crippen LogP contribution in [0.25, 0.3) is 11.1 Å². The molecule has 0 atom stereocenters. The zero-order valence-corrected chi connectivity index (χ0v) is 13.6. The third-order valence-corrected chi connectivity index (χ3v) is 4.75. The zero-order valence-electron chi connectivity index (χ0n) is 12.0. The Hall–Kier alpha value is -1.13. The topological polar surface area (TPSA) is 29.9 Å². The standard InChI is InChI=1S/C16H20BrN3/c1-11-15(12-3-5-14(17)6-4-12)16(19-20(11)2)13-7-9-18-10-8-13/h3-6,13,18H,7-10H2,1-2H3. The Kier molecular flexibility index (Phi) is 3.94. The van der Waals surface area contributed by atoms with Crippen LogP contribution in [0.2, 0.25) is 0 Å². The van der Waals surface area contributed by atoms with Crippen LogP contribution < -0.4 is 5.32 Å². The highest BCUT2D eigenvalue weighted by atomic mass is 79.9. The van der Waals surface area contributed by atoms with E-state index < -0.39 is 0 Å². The number of nitrogens with zero attached hydrogens (tertiary/aromatic N) is 2. The van der Waals surface area contributed by atoms with Gasteiger partial charge in [-0.3, -0.25) is 4.68 Å². The first-order chi connectivity index (χ1) is 9.66. The summed E-state index contributed by atoms with van der Waals surface area (Å²) in [5.41, 5.74) is 5.12. The number of halogens is 1. The molecule has 0 radical (unpaired) electrons. The van der Waals surface area contributed by atoms with Gasteiger partial charge in [-0.05, 0) is 50.6 Å². The second-order valence-corrected chi connectivity index (χ2v) is 6.42. The van der Waals surface area contributed by atoms with Crippen molar-refractivity contribution in [1.82, 2.24) is 15.1 Å². The summed E-state index contributed by atoms with van der Waals surface area (Å²) in [6.07, 6.45) is 2.36. The molecular formula is C16H20BrN3. The van der Waals surface area contributed by atoms with E-state index in [0.717, 1.165) is 17.6 Å². The van der Waals surface area contributed by atoms with Gasteiger partial charge in [-0.15, -0.1) is 0 Å². The molecule has 1 N–H and O–H groups in total. The van der Waals surface area contributed by atoms with Gasteiger partial charge in [-0.2, -0.15) is 5.10 Å².